The minimum absolute atomic E-state index is 0.0518. The zero-order valence-electron chi connectivity index (χ0n) is 12.0. The second-order valence-corrected chi connectivity index (χ2v) is 5.53. The Morgan fingerprint density at radius 3 is 2.89 bits per heavy atom. The number of aliphatic hydroxyl groups is 1. The highest BCUT2D eigenvalue weighted by molar-refractivity contribution is 5.95. The number of nitrogens with zero attached hydrogens (tertiary/aromatic N) is 3. The average molecular weight is 265 g/mol. The van der Waals surface area contributed by atoms with Crippen LogP contribution in [0.15, 0.2) is 6.20 Å². The fraction of sp³-hybridized carbons (Fsp3) is 0.714. The number of rotatable bonds is 3. The first-order valence-corrected chi connectivity index (χ1v) is 6.98. The molecule has 106 valence electrons. The Bertz CT molecular complexity index is 454. The van der Waals surface area contributed by atoms with Crippen LogP contribution < -0.4 is 0 Å². The first-order valence-electron chi connectivity index (χ1n) is 6.98. The first-order chi connectivity index (χ1) is 8.99. The van der Waals surface area contributed by atoms with Gasteiger partial charge in [-0.15, -0.1) is 0 Å². The normalized spacial score (nSPS) is 21.5. The molecule has 1 aromatic heterocycles. The summed E-state index contributed by atoms with van der Waals surface area (Å²) in [4.78, 5) is 14.5. The molecule has 0 aliphatic carbocycles. The van der Waals surface area contributed by atoms with Gasteiger partial charge in [0, 0.05) is 25.8 Å². The molecule has 1 saturated heterocycles. The summed E-state index contributed by atoms with van der Waals surface area (Å²) < 4.78 is 1.68. The van der Waals surface area contributed by atoms with Crippen molar-refractivity contribution in [3.8, 4) is 0 Å². The fourth-order valence-corrected chi connectivity index (χ4v) is 2.87. The molecule has 1 amide bonds. The van der Waals surface area contributed by atoms with Crippen LogP contribution in [0, 0.1) is 6.92 Å². The second kappa shape index (κ2) is 5.74. The van der Waals surface area contributed by atoms with E-state index in [0.29, 0.717) is 12.0 Å². The average Bonchev–Trinajstić information content (AvgIpc) is 2.67. The van der Waals surface area contributed by atoms with Gasteiger partial charge in [0.25, 0.3) is 5.91 Å². The van der Waals surface area contributed by atoms with Gasteiger partial charge in [0.15, 0.2) is 0 Å². The van der Waals surface area contributed by atoms with E-state index in [9.17, 15) is 9.90 Å². The predicted molar refractivity (Wildman–Crippen MR) is 72.9 cm³/mol. The highest BCUT2D eigenvalue weighted by Gasteiger charge is 2.29. The molecule has 1 aromatic rings. The fourth-order valence-electron chi connectivity index (χ4n) is 2.87. The van der Waals surface area contributed by atoms with Gasteiger partial charge < -0.3 is 10.0 Å². The van der Waals surface area contributed by atoms with Crippen molar-refractivity contribution < 1.29 is 9.90 Å². The van der Waals surface area contributed by atoms with Gasteiger partial charge in [-0.05, 0) is 39.5 Å². The lowest BCUT2D eigenvalue weighted by atomic mass is 9.96. The maximum absolute atomic E-state index is 12.6. The third kappa shape index (κ3) is 3.15. The van der Waals surface area contributed by atoms with Gasteiger partial charge in [-0.3, -0.25) is 9.48 Å². The quantitative estimate of drug-likeness (QED) is 0.901. The number of hydrogen-bond donors (Lipinski definition) is 1. The van der Waals surface area contributed by atoms with Crippen molar-refractivity contribution in [3.63, 3.8) is 0 Å². The number of aryl methyl sites for hydroxylation is 2. The third-order valence-electron chi connectivity index (χ3n) is 3.75. The minimum atomic E-state index is -0.367. The van der Waals surface area contributed by atoms with E-state index in [0.717, 1.165) is 31.5 Å². The number of carbonyl (C=O) groups is 1. The van der Waals surface area contributed by atoms with Gasteiger partial charge in [-0.2, -0.15) is 5.10 Å². The van der Waals surface area contributed by atoms with E-state index in [1.54, 1.807) is 17.8 Å². The molecule has 2 atom stereocenters. The van der Waals surface area contributed by atoms with Crippen LogP contribution in [0.3, 0.4) is 0 Å². The second-order valence-electron chi connectivity index (χ2n) is 5.53. The summed E-state index contributed by atoms with van der Waals surface area (Å²) in [6.07, 6.45) is 5.23. The third-order valence-corrected chi connectivity index (χ3v) is 3.75. The highest BCUT2D eigenvalue weighted by Crippen LogP contribution is 2.23. The predicted octanol–water partition coefficient (Wildman–Crippen LogP) is 1.49. The molecule has 2 heterocycles. The number of hydrogen-bond acceptors (Lipinski definition) is 3. The lowest BCUT2D eigenvalue weighted by Gasteiger charge is -2.36. The van der Waals surface area contributed by atoms with E-state index in [2.05, 4.69) is 5.10 Å². The summed E-state index contributed by atoms with van der Waals surface area (Å²) in [5, 5.41) is 13.8. The molecule has 1 aliphatic heterocycles. The maximum atomic E-state index is 12.6. The lowest BCUT2D eigenvalue weighted by molar-refractivity contribution is 0.0514. The molecule has 1 aliphatic rings. The van der Waals surface area contributed by atoms with Crippen LogP contribution in [0.1, 0.15) is 48.7 Å². The van der Waals surface area contributed by atoms with Crippen LogP contribution in [0.5, 0.6) is 0 Å². The van der Waals surface area contributed by atoms with Crippen LogP contribution in [0.4, 0.5) is 0 Å². The van der Waals surface area contributed by atoms with E-state index in [1.807, 2.05) is 18.9 Å². The summed E-state index contributed by atoms with van der Waals surface area (Å²) in [5.41, 5.74) is 1.45. The molecule has 5 heteroatoms. The van der Waals surface area contributed by atoms with E-state index >= 15 is 0 Å². The summed E-state index contributed by atoms with van der Waals surface area (Å²) in [7, 11) is 1.83. The number of amides is 1. The molecule has 0 saturated carbocycles. The zero-order chi connectivity index (χ0) is 14.0. The van der Waals surface area contributed by atoms with Crippen molar-refractivity contribution in [2.75, 3.05) is 6.54 Å². The largest absolute Gasteiger partial charge is 0.393 e. The molecule has 0 radical (unpaired) electrons. The molecule has 0 spiro atoms. The highest BCUT2D eigenvalue weighted by atomic mass is 16.3. The summed E-state index contributed by atoms with van der Waals surface area (Å²) >= 11 is 0. The molecule has 0 bridgehead atoms. The van der Waals surface area contributed by atoms with Gasteiger partial charge in [0.1, 0.15) is 0 Å². The Labute approximate surface area is 114 Å². The molecule has 2 unspecified atom stereocenters. The van der Waals surface area contributed by atoms with Gasteiger partial charge >= 0.3 is 0 Å². The van der Waals surface area contributed by atoms with Gasteiger partial charge in [-0.25, -0.2) is 0 Å². The van der Waals surface area contributed by atoms with Crippen molar-refractivity contribution in [2.24, 2.45) is 7.05 Å². The van der Waals surface area contributed by atoms with Gasteiger partial charge in [-0.1, -0.05) is 0 Å². The van der Waals surface area contributed by atoms with Crippen LogP contribution >= 0.6 is 0 Å². The van der Waals surface area contributed by atoms with Crippen LogP contribution in [-0.2, 0) is 7.05 Å². The monoisotopic (exact) mass is 265 g/mol. The first kappa shape index (κ1) is 14.1. The Balaban J connectivity index is 2.17. The molecule has 2 rings (SSSR count). The van der Waals surface area contributed by atoms with Crippen molar-refractivity contribution in [1.82, 2.24) is 14.7 Å². The number of piperidine rings is 1. The smallest absolute Gasteiger partial charge is 0.257 e. The Kier molecular flexibility index (Phi) is 4.24. The molecule has 19 heavy (non-hydrogen) atoms. The lowest BCUT2D eigenvalue weighted by Crippen LogP contribution is -2.45. The SMILES string of the molecule is Cc1nn(C)cc1C(=O)N1CCCCC1CC(C)O. The van der Waals surface area contributed by atoms with Crippen molar-refractivity contribution >= 4 is 5.91 Å². The molecule has 1 fully saturated rings. The number of carbonyl (C=O) groups excluding carboxylic acids is 1. The Morgan fingerprint density at radius 1 is 1.58 bits per heavy atom. The Hall–Kier alpha value is -1.36. The molecule has 1 N–H and O–H groups in total. The Morgan fingerprint density at radius 2 is 2.32 bits per heavy atom. The van der Waals surface area contributed by atoms with E-state index < -0.39 is 0 Å². The summed E-state index contributed by atoms with van der Waals surface area (Å²) in [6, 6.07) is 0.154. The topological polar surface area (TPSA) is 58.4 Å². The number of aliphatic hydroxyl groups excluding tert-OH is 1. The van der Waals surface area contributed by atoms with Crippen LogP contribution in [-0.4, -0.2) is 44.4 Å². The molecule has 0 aromatic carbocycles. The van der Waals surface area contributed by atoms with E-state index in [1.165, 1.54) is 0 Å². The molecule has 5 nitrogen and oxygen atoms in total. The zero-order valence-corrected chi connectivity index (χ0v) is 12.0. The minimum Gasteiger partial charge on any atom is -0.393 e. The standard InChI is InChI=1S/C14H23N3O2/c1-10(18)8-12-6-4-5-7-17(12)14(19)13-9-16(3)15-11(13)2/h9-10,12,18H,4-8H2,1-3H3. The maximum Gasteiger partial charge on any atom is 0.257 e. The van der Waals surface area contributed by atoms with E-state index in [-0.39, 0.29) is 18.1 Å². The van der Waals surface area contributed by atoms with Crippen molar-refractivity contribution in [3.05, 3.63) is 17.5 Å². The van der Waals surface area contributed by atoms with Crippen molar-refractivity contribution in [2.45, 2.75) is 51.7 Å². The van der Waals surface area contributed by atoms with Crippen LogP contribution in [0.25, 0.3) is 0 Å². The van der Waals surface area contributed by atoms with Crippen LogP contribution in [0.2, 0.25) is 0 Å². The summed E-state index contributed by atoms with van der Waals surface area (Å²) in [6.45, 7) is 4.43. The van der Waals surface area contributed by atoms with Gasteiger partial charge in [0.2, 0.25) is 0 Å². The number of likely N-dealkylation sites (tertiary alicyclic amines) is 1. The number of aromatic nitrogens is 2. The van der Waals surface area contributed by atoms with Gasteiger partial charge in [0.05, 0.1) is 17.4 Å². The summed E-state index contributed by atoms with van der Waals surface area (Å²) in [5.74, 6) is 0.0518. The van der Waals surface area contributed by atoms with E-state index in [4.69, 9.17) is 0 Å². The molecular weight excluding hydrogens is 242 g/mol. The van der Waals surface area contributed by atoms with Crippen molar-refractivity contribution in [1.29, 1.82) is 0 Å². The molecular formula is C14H23N3O2.